The second kappa shape index (κ2) is 11.9. The van der Waals surface area contributed by atoms with Crippen LogP contribution in [-0.4, -0.2) is 5.71 Å². The summed E-state index contributed by atoms with van der Waals surface area (Å²) >= 11 is 0. The van der Waals surface area contributed by atoms with Crippen LogP contribution in [0.25, 0.3) is 22.4 Å². The number of hydrogen-bond donors (Lipinski definition) is 0. The molecule has 202 valence electrons. The van der Waals surface area contributed by atoms with E-state index in [0.29, 0.717) is 5.92 Å². The Labute approximate surface area is 244 Å². The summed E-state index contributed by atoms with van der Waals surface area (Å²) in [5.74, 6) is 0.507. The lowest BCUT2D eigenvalue weighted by molar-refractivity contribution is 0.612. The molecule has 0 saturated carbocycles. The van der Waals surface area contributed by atoms with Gasteiger partial charge in [0.1, 0.15) is 0 Å². The van der Waals surface area contributed by atoms with Gasteiger partial charge in [-0.15, -0.1) is 0 Å². The van der Waals surface area contributed by atoms with Crippen LogP contribution >= 0.6 is 0 Å². The van der Waals surface area contributed by atoms with Gasteiger partial charge in [-0.25, -0.2) is 0 Å². The minimum atomic E-state index is 0.507. The molecule has 0 amide bonds. The first-order valence-corrected chi connectivity index (χ1v) is 14.8. The fraction of sp³-hybridized carbons (Fsp3) is 0.175. The Morgan fingerprint density at radius 2 is 1.76 bits per heavy atom. The smallest absolute Gasteiger partial charge is 0.0736 e. The van der Waals surface area contributed by atoms with E-state index in [0.717, 1.165) is 30.7 Å². The normalized spacial score (nSPS) is 22.6. The first kappa shape index (κ1) is 26.7. The fourth-order valence-electron chi connectivity index (χ4n) is 6.13. The highest BCUT2D eigenvalue weighted by Gasteiger charge is 2.19. The van der Waals surface area contributed by atoms with Crippen molar-refractivity contribution in [3.8, 4) is 0 Å². The summed E-state index contributed by atoms with van der Waals surface area (Å²) in [6, 6.07) is 22.4. The largest absolute Gasteiger partial charge is 0.252 e. The topological polar surface area (TPSA) is 12.4 Å². The number of hydrogen-bond acceptors (Lipinski definition) is 1. The second-order valence-electron chi connectivity index (χ2n) is 11.1. The van der Waals surface area contributed by atoms with E-state index in [-0.39, 0.29) is 0 Å². The molecule has 0 bridgehead atoms. The van der Waals surface area contributed by atoms with Crippen molar-refractivity contribution in [3.05, 3.63) is 166 Å². The van der Waals surface area contributed by atoms with Crippen molar-refractivity contribution in [2.75, 3.05) is 0 Å². The predicted molar refractivity (Wildman–Crippen MR) is 177 cm³/mol. The monoisotopic (exact) mass is 531 g/mol. The highest BCUT2D eigenvalue weighted by atomic mass is 14.8. The average Bonchev–Trinajstić information content (AvgIpc) is 3.23. The summed E-state index contributed by atoms with van der Waals surface area (Å²) in [6.45, 7) is 8.27. The third kappa shape index (κ3) is 5.58. The minimum absolute atomic E-state index is 0.507. The van der Waals surface area contributed by atoms with Crippen LogP contribution in [0.3, 0.4) is 0 Å². The molecule has 1 heteroatoms. The lowest BCUT2D eigenvalue weighted by Crippen LogP contribution is -2.31. The number of benzene rings is 3. The standard InChI is InChI=1S/C40H37N/c1-4-6-7-14-29-24-33-22-23-35(27-38(33)37(25-29)34-21-20-31-15-9-10-16-32(31)26-34)39-19-12-17-30(5-2)40(41-39)36-18-11-8-13-28(36)3/h4-7,9-12,14-18,20-24,26-28H,1,8,13,19,25H2,2-3H3/b7-6-,29-14-,30-5-,40-36+. The summed E-state index contributed by atoms with van der Waals surface area (Å²) in [5, 5.41) is 5.08. The maximum atomic E-state index is 5.39. The summed E-state index contributed by atoms with van der Waals surface area (Å²) < 4.78 is 0. The maximum Gasteiger partial charge on any atom is 0.0736 e. The zero-order valence-corrected chi connectivity index (χ0v) is 24.1. The highest BCUT2D eigenvalue weighted by molar-refractivity contribution is 6.03. The van der Waals surface area contributed by atoms with Gasteiger partial charge in [0.25, 0.3) is 0 Å². The Morgan fingerprint density at radius 3 is 2.59 bits per heavy atom. The van der Waals surface area contributed by atoms with Gasteiger partial charge in [0, 0.05) is 6.42 Å². The van der Waals surface area contributed by atoms with Crippen LogP contribution in [-0.2, 0) is 0 Å². The Balaban J connectivity index is 1.55. The van der Waals surface area contributed by atoms with E-state index in [1.165, 1.54) is 61.0 Å². The van der Waals surface area contributed by atoms with Crippen LogP contribution in [0.1, 0.15) is 50.7 Å². The third-order valence-electron chi connectivity index (χ3n) is 8.40. The van der Waals surface area contributed by atoms with E-state index in [1.807, 2.05) is 12.2 Å². The molecule has 1 heterocycles. The van der Waals surface area contributed by atoms with Gasteiger partial charge < -0.3 is 0 Å². The molecule has 0 radical (unpaired) electrons. The molecule has 1 unspecified atom stereocenters. The number of nitrogens with zero attached hydrogens (tertiary/aromatic N) is 1. The maximum absolute atomic E-state index is 5.39. The minimum Gasteiger partial charge on any atom is -0.252 e. The number of allylic oxidation sites excluding steroid dienone is 11. The van der Waals surface area contributed by atoms with Gasteiger partial charge in [-0.05, 0) is 98.9 Å². The molecule has 0 saturated heterocycles. The van der Waals surface area contributed by atoms with Crippen molar-refractivity contribution in [2.24, 2.45) is 10.9 Å². The van der Waals surface area contributed by atoms with Crippen LogP contribution in [0.15, 0.2) is 149 Å². The zero-order chi connectivity index (χ0) is 28.2. The molecule has 0 spiro atoms. The van der Waals surface area contributed by atoms with Crippen LogP contribution in [0.5, 0.6) is 0 Å². The number of aliphatic imine (C=N–C) groups is 1. The van der Waals surface area contributed by atoms with Crippen LogP contribution in [0.4, 0.5) is 0 Å². The molecule has 6 rings (SSSR count). The van der Waals surface area contributed by atoms with Crippen molar-refractivity contribution in [3.63, 3.8) is 0 Å². The third-order valence-corrected chi connectivity index (χ3v) is 8.40. The SMILES string of the molecule is C=C/C=C\C=C1\C=c2ccc(C3=NC(=C4\C=CCCC4C)/C(=C\C)C=CC3)cc2=C(c2ccc3ccccc3c2)C1. The lowest BCUT2D eigenvalue weighted by Gasteiger charge is -2.20. The Bertz CT molecular complexity index is 1860. The fourth-order valence-corrected chi connectivity index (χ4v) is 6.13. The van der Waals surface area contributed by atoms with Gasteiger partial charge >= 0.3 is 0 Å². The van der Waals surface area contributed by atoms with E-state index in [9.17, 15) is 0 Å². The predicted octanol–water partition coefficient (Wildman–Crippen LogP) is 8.83. The Hall–Kier alpha value is -4.49. The molecule has 0 N–H and O–H groups in total. The van der Waals surface area contributed by atoms with Gasteiger partial charge in [0.15, 0.2) is 0 Å². The van der Waals surface area contributed by atoms with Gasteiger partial charge in [0.2, 0.25) is 0 Å². The quantitative estimate of drug-likeness (QED) is 0.298. The number of rotatable bonds is 4. The van der Waals surface area contributed by atoms with Crippen molar-refractivity contribution < 1.29 is 0 Å². The van der Waals surface area contributed by atoms with E-state index in [4.69, 9.17) is 4.99 Å². The average molecular weight is 532 g/mol. The van der Waals surface area contributed by atoms with Gasteiger partial charge in [-0.3, -0.25) is 4.99 Å². The molecule has 1 nitrogen and oxygen atoms in total. The lowest BCUT2D eigenvalue weighted by atomic mass is 9.87. The van der Waals surface area contributed by atoms with Crippen LogP contribution in [0, 0.1) is 5.92 Å². The van der Waals surface area contributed by atoms with Crippen LogP contribution < -0.4 is 10.4 Å². The van der Waals surface area contributed by atoms with Crippen molar-refractivity contribution in [1.29, 1.82) is 0 Å². The molecule has 41 heavy (non-hydrogen) atoms. The first-order valence-electron chi connectivity index (χ1n) is 14.8. The van der Waals surface area contributed by atoms with Crippen molar-refractivity contribution in [1.82, 2.24) is 0 Å². The van der Waals surface area contributed by atoms with Gasteiger partial charge in [-0.2, -0.15) is 0 Å². The summed E-state index contributed by atoms with van der Waals surface area (Å²) in [7, 11) is 0. The molecule has 0 fully saturated rings. The van der Waals surface area contributed by atoms with Gasteiger partial charge in [-0.1, -0.05) is 123 Å². The molecule has 2 aliphatic carbocycles. The summed E-state index contributed by atoms with van der Waals surface area (Å²) in [4.78, 5) is 5.39. The Morgan fingerprint density at radius 1 is 0.902 bits per heavy atom. The van der Waals surface area contributed by atoms with Crippen molar-refractivity contribution >= 4 is 28.1 Å². The highest BCUT2D eigenvalue weighted by Crippen LogP contribution is 2.33. The van der Waals surface area contributed by atoms with E-state index >= 15 is 0 Å². The van der Waals surface area contributed by atoms with E-state index in [2.05, 4.69) is 130 Å². The second-order valence-corrected chi connectivity index (χ2v) is 11.1. The molecule has 3 aromatic carbocycles. The first-order chi connectivity index (χ1) is 20.1. The molecule has 0 aromatic heterocycles. The summed E-state index contributed by atoms with van der Waals surface area (Å²) in [5.41, 5.74) is 9.94. The molecule has 1 atom stereocenters. The molecule has 3 aliphatic rings. The molecule has 1 aliphatic heterocycles. The number of fused-ring (bicyclic) bond motifs is 2. The molecule has 3 aromatic rings. The van der Waals surface area contributed by atoms with E-state index in [1.54, 1.807) is 0 Å². The summed E-state index contributed by atoms with van der Waals surface area (Å²) in [6.07, 6.45) is 25.8. The zero-order valence-electron chi connectivity index (χ0n) is 24.1. The molecular formula is C40H37N. The van der Waals surface area contributed by atoms with E-state index < -0.39 is 0 Å². The van der Waals surface area contributed by atoms with Crippen LogP contribution in [0.2, 0.25) is 0 Å². The molecular weight excluding hydrogens is 494 g/mol. The van der Waals surface area contributed by atoms with Crippen molar-refractivity contribution in [2.45, 2.75) is 39.5 Å². The Kier molecular flexibility index (Phi) is 7.78. The van der Waals surface area contributed by atoms with Gasteiger partial charge in [0.05, 0.1) is 11.4 Å².